The van der Waals surface area contributed by atoms with E-state index in [1.54, 1.807) is 0 Å². The highest BCUT2D eigenvalue weighted by Crippen LogP contribution is 2.33. The Morgan fingerprint density at radius 3 is 2.00 bits per heavy atom. The molecule has 1 heterocycles. The molecule has 36 heavy (non-hydrogen) atoms. The fourth-order valence-corrected chi connectivity index (χ4v) is 5.25. The third-order valence-corrected chi connectivity index (χ3v) is 6.80. The van der Waals surface area contributed by atoms with E-state index in [1.165, 1.54) is 12.5 Å². The minimum atomic E-state index is -0.146. The van der Waals surface area contributed by atoms with Gasteiger partial charge < -0.3 is 15.5 Å². The Balaban J connectivity index is 1.58. The molecule has 0 saturated heterocycles. The molecule has 0 fully saturated rings. The maximum atomic E-state index is 13.4. The van der Waals surface area contributed by atoms with Gasteiger partial charge in [-0.1, -0.05) is 70.2 Å². The highest BCUT2D eigenvalue weighted by Gasteiger charge is 2.30. The monoisotopic (exact) mass is 491 g/mol. The van der Waals surface area contributed by atoms with Crippen LogP contribution in [0.4, 0.5) is 5.69 Å². The molecule has 3 amide bonds. The van der Waals surface area contributed by atoms with Crippen LogP contribution in [0.15, 0.2) is 48.5 Å². The fraction of sp³-hybridized carbons (Fsp3) is 0.500. The summed E-state index contributed by atoms with van der Waals surface area (Å²) in [6.07, 6.45) is 2.99. The van der Waals surface area contributed by atoms with Crippen LogP contribution < -0.4 is 15.5 Å². The summed E-state index contributed by atoms with van der Waals surface area (Å²) in [5.74, 6) is -0.188. The van der Waals surface area contributed by atoms with E-state index in [2.05, 4.69) is 56.5 Å². The summed E-state index contributed by atoms with van der Waals surface area (Å²) in [6.45, 7) is 11.6. The van der Waals surface area contributed by atoms with Crippen molar-refractivity contribution in [1.82, 2.24) is 10.6 Å². The molecule has 3 rings (SSSR count). The lowest BCUT2D eigenvalue weighted by molar-refractivity contribution is -0.125. The van der Waals surface area contributed by atoms with E-state index in [0.717, 1.165) is 36.1 Å². The van der Waals surface area contributed by atoms with Crippen molar-refractivity contribution >= 4 is 23.4 Å². The van der Waals surface area contributed by atoms with Gasteiger partial charge in [-0.05, 0) is 52.8 Å². The number of hydrogen-bond acceptors (Lipinski definition) is 3. The lowest BCUT2D eigenvalue weighted by Crippen LogP contribution is -2.40. The zero-order chi connectivity index (χ0) is 26.3. The van der Waals surface area contributed by atoms with Gasteiger partial charge in [-0.3, -0.25) is 14.4 Å². The standard InChI is InChI=1S/C30H41N3O3/c1-22(34)31-20-29(2,3)19-30(4,5)21-32-27(35)16-17-28(36)33-18-25-12-7-6-10-23(25)14-15-24-11-8-9-13-26(24)33/h6-13H,14-21H2,1-5H3,(H,31,34)(H,32,35). The molecule has 0 atom stereocenters. The SMILES string of the molecule is CC(=O)NCC(C)(C)CC(C)(C)CNC(=O)CCC(=O)N1Cc2ccccc2CCc2ccccc21. The van der Waals surface area contributed by atoms with Crippen molar-refractivity contribution in [2.45, 2.75) is 73.3 Å². The molecule has 1 aliphatic heterocycles. The Hall–Kier alpha value is -3.15. The highest BCUT2D eigenvalue weighted by molar-refractivity contribution is 5.96. The Bertz CT molecular complexity index is 1090. The van der Waals surface area contributed by atoms with Crippen LogP contribution in [0.5, 0.6) is 0 Å². The number of para-hydroxylation sites is 1. The molecule has 0 bridgehead atoms. The van der Waals surface area contributed by atoms with E-state index in [-0.39, 0.29) is 41.4 Å². The maximum absolute atomic E-state index is 13.4. The number of nitrogens with zero attached hydrogens (tertiary/aromatic N) is 1. The van der Waals surface area contributed by atoms with Crippen molar-refractivity contribution in [2.75, 3.05) is 18.0 Å². The number of carbonyl (C=O) groups is 3. The minimum absolute atomic E-state index is 0.0370. The van der Waals surface area contributed by atoms with Crippen LogP contribution in [0.1, 0.15) is 70.6 Å². The average Bonchev–Trinajstić information content (AvgIpc) is 2.81. The molecule has 0 spiro atoms. The van der Waals surface area contributed by atoms with Crippen molar-refractivity contribution in [3.63, 3.8) is 0 Å². The Kier molecular flexibility index (Phi) is 8.93. The number of fused-ring (bicyclic) bond motifs is 2. The van der Waals surface area contributed by atoms with E-state index in [0.29, 0.717) is 19.6 Å². The molecule has 2 N–H and O–H groups in total. The van der Waals surface area contributed by atoms with E-state index < -0.39 is 0 Å². The lowest BCUT2D eigenvalue weighted by atomic mass is 9.75. The van der Waals surface area contributed by atoms with Gasteiger partial charge in [0.25, 0.3) is 0 Å². The molecule has 6 nitrogen and oxygen atoms in total. The Labute approximate surface area is 215 Å². The van der Waals surface area contributed by atoms with Gasteiger partial charge in [-0.15, -0.1) is 0 Å². The fourth-order valence-electron chi connectivity index (χ4n) is 5.25. The van der Waals surface area contributed by atoms with Crippen molar-refractivity contribution < 1.29 is 14.4 Å². The van der Waals surface area contributed by atoms with Gasteiger partial charge in [0.05, 0.1) is 6.54 Å². The smallest absolute Gasteiger partial charge is 0.227 e. The van der Waals surface area contributed by atoms with Crippen molar-refractivity contribution in [2.24, 2.45) is 10.8 Å². The molecular weight excluding hydrogens is 450 g/mol. The van der Waals surface area contributed by atoms with Gasteiger partial charge in [0.15, 0.2) is 0 Å². The molecule has 0 saturated carbocycles. The second-order valence-corrected chi connectivity index (χ2v) is 11.6. The predicted molar refractivity (Wildman–Crippen MR) is 145 cm³/mol. The molecule has 0 aliphatic carbocycles. The number of nitrogens with one attached hydrogen (secondary N) is 2. The minimum Gasteiger partial charge on any atom is -0.356 e. The van der Waals surface area contributed by atoms with Crippen LogP contribution in [-0.4, -0.2) is 30.8 Å². The zero-order valence-corrected chi connectivity index (χ0v) is 22.4. The average molecular weight is 492 g/mol. The summed E-state index contributed by atoms with van der Waals surface area (Å²) >= 11 is 0. The molecule has 2 aromatic rings. The first-order valence-electron chi connectivity index (χ1n) is 12.9. The van der Waals surface area contributed by atoms with Gasteiger partial charge in [0.1, 0.15) is 0 Å². The molecule has 0 radical (unpaired) electrons. The number of rotatable bonds is 9. The van der Waals surface area contributed by atoms with E-state index in [4.69, 9.17) is 0 Å². The number of carbonyl (C=O) groups excluding carboxylic acids is 3. The van der Waals surface area contributed by atoms with Gasteiger partial charge in [0.2, 0.25) is 17.7 Å². The van der Waals surface area contributed by atoms with Crippen LogP contribution in [-0.2, 0) is 33.8 Å². The summed E-state index contributed by atoms with van der Waals surface area (Å²) in [4.78, 5) is 39.2. The topological polar surface area (TPSA) is 78.5 Å². The van der Waals surface area contributed by atoms with Crippen molar-refractivity contribution in [1.29, 1.82) is 0 Å². The first kappa shape index (κ1) is 27.4. The van der Waals surface area contributed by atoms with Crippen LogP contribution in [0, 0.1) is 10.8 Å². The number of anilines is 1. The third-order valence-electron chi connectivity index (χ3n) is 6.80. The van der Waals surface area contributed by atoms with Crippen LogP contribution in [0.2, 0.25) is 0 Å². The largest absolute Gasteiger partial charge is 0.356 e. The van der Waals surface area contributed by atoms with Crippen LogP contribution >= 0.6 is 0 Å². The second kappa shape index (κ2) is 11.7. The highest BCUT2D eigenvalue weighted by atomic mass is 16.2. The molecule has 194 valence electrons. The summed E-state index contributed by atoms with van der Waals surface area (Å²) in [5, 5.41) is 5.92. The predicted octanol–water partition coefficient (Wildman–Crippen LogP) is 4.79. The van der Waals surface area contributed by atoms with E-state index in [9.17, 15) is 14.4 Å². The number of hydrogen-bond donors (Lipinski definition) is 2. The van der Waals surface area contributed by atoms with E-state index in [1.807, 2.05) is 35.2 Å². The summed E-state index contributed by atoms with van der Waals surface area (Å²) < 4.78 is 0. The molecular formula is C30H41N3O3. The van der Waals surface area contributed by atoms with Crippen molar-refractivity contribution in [3.8, 4) is 0 Å². The van der Waals surface area contributed by atoms with Crippen LogP contribution in [0.25, 0.3) is 0 Å². The second-order valence-electron chi connectivity index (χ2n) is 11.6. The summed E-state index contributed by atoms with van der Waals surface area (Å²) in [7, 11) is 0. The van der Waals surface area contributed by atoms with Gasteiger partial charge >= 0.3 is 0 Å². The Morgan fingerprint density at radius 2 is 1.33 bits per heavy atom. The first-order valence-corrected chi connectivity index (χ1v) is 12.9. The van der Waals surface area contributed by atoms with Gasteiger partial charge in [0, 0.05) is 38.5 Å². The number of amides is 3. The molecule has 1 aliphatic rings. The zero-order valence-electron chi connectivity index (χ0n) is 22.4. The van der Waals surface area contributed by atoms with E-state index >= 15 is 0 Å². The molecule has 6 heteroatoms. The van der Waals surface area contributed by atoms with Gasteiger partial charge in [-0.2, -0.15) is 0 Å². The first-order chi connectivity index (χ1) is 17.0. The molecule has 0 aromatic heterocycles. The quantitative estimate of drug-likeness (QED) is 0.529. The van der Waals surface area contributed by atoms with Gasteiger partial charge in [-0.25, -0.2) is 0 Å². The van der Waals surface area contributed by atoms with Crippen molar-refractivity contribution in [3.05, 3.63) is 65.2 Å². The Morgan fingerprint density at radius 1 is 0.778 bits per heavy atom. The normalized spacial score (nSPS) is 13.6. The third kappa shape index (κ3) is 7.94. The van der Waals surface area contributed by atoms with Crippen LogP contribution in [0.3, 0.4) is 0 Å². The molecule has 2 aromatic carbocycles. The number of benzene rings is 2. The maximum Gasteiger partial charge on any atom is 0.227 e. The summed E-state index contributed by atoms with van der Waals surface area (Å²) in [6, 6.07) is 16.4. The molecule has 0 unspecified atom stereocenters. The summed E-state index contributed by atoms with van der Waals surface area (Å²) in [5.41, 5.74) is 4.30. The number of aryl methyl sites for hydroxylation is 2. The lowest BCUT2D eigenvalue weighted by Gasteiger charge is -2.35.